The number of anilines is 2. The Labute approximate surface area is 353 Å². The van der Waals surface area contributed by atoms with E-state index in [4.69, 9.17) is 42.5 Å². The molecule has 59 heavy (non-hydrogen) atoms. The lowest BCUT2D eigenvalue weighted by Gasteiger charge is -2.35. The highest BCUT2D eigenvalue weighted by Crippen LogP contribution is 2.46. The van der Waals surface area contributed by atoms with Gasteiger partial charge < -0.3 is 28.2 Å². The number of esters is 1. The van der Waals surface area contributed by atoms with Crippen molar-refractivity contribution >= 4 is 74.4 Å². The summed E-state index contributed by atoms with van der Waals surface area (Å²) in [4.78, 5) is 43.4. The highest BCUT2D eigenvalue weighted by Gasteiger charge is 2.38. The first-order valence-corrected chi connectivity index (χ1v) is 20.3. The molecule has 1 aliphatic rings. The molecule has 0 aliphatic carbocycles. The molecular weight excluding hydrogens is 791 g/mol. The topological polar surface area (TPSA) is 122 Å². The van der Waals surface area contributed by atoms with Crippen LogP contribution in [0.3, 0.4) is 0 Å². The molecule has 0 saturated heterocycles. The Balaban J connectivity index is 1.40. The van der Waals surface area contributed by atoms with Crippen LogP contribution in [0.2, 0.25) is 10.0 Å². The second-order valence-electron chi connectivity index (χ2n) is 16.4. The number of nitrogens with zero attached hydrogens (tertiary/aromatic N) is 5. The molecule has 1 N–H and O–H groups in total. The van der Waals surface area contributed by atoms with Crippen LogP contribution in [0.15, 0.2) is 42.6 Å². The Morgan fingerprint density at radius 2 is 1.66 bits per heavy atom. The highest BCUT2D eigenvalue weighted by atomic mass is 35.5. The van der Waals surface area contributed by atoms with Crippen molar-refractivity contribution in [2.24, 2.45) is 14.1 Å². The molecule has 310 valence electrons. The van der Waals surface area contributed by atoms with E-state index in [-0.39, 0.29) is 18.5 Å². The Hall–Kier alpha value is -5.46. The van der Waals surface area contributed by atoms with Gasteiger partial charge in [-0.15, -0.1) is 0 Å². The molecule has 0 spiro atoms. The zero-order chi connectivity index (χ0) is 42.8. The van der Waals surface area contributed by atoms with Crippen molar-refractivity contribution in [3.63, 3.8) is 0 Å². The molecule has 12 nitrogen and oxygen atoms in total. The molecule has 0 fully saturated rings. The number of carbonyl (C=O) groups is 3. The quantitative estimate of drug-likeness (QED) is 0.114. The van der Waals surface area contributed by atoms with Crippen LogP contribution >= 0.6 is 23.2 Å². The van der Waals surface area contributed by atoms with E-state index >= 15 is 4.79 Å². The zero-order valence-corrected chi connectivity index (χ0v) is 36.9. The highest BCUT2D eigenvalue weighted by molar-refractivity contribution is 6.35. The molecular formula is C45H50Cl2N6O6. The van der Waals surface area contributed by atoms with Gasteiger partial charge in [0.1, 0.15) is 17.0 Å². The smallest absolute Gasteiger partial charge is 0.412 e. The van der Waals surface area contributed by atoms with Crippen LogP contribution in [-0.2, 0) is 30.0 Å². The number of halogens is 2. The maximum absolute atomic E-state index is 15.5. The lowest BCUT2D eigenvalue weighted by molar-refractivity contribution is 0.0600. The molecule has 0 saturated carbocycles. The second-order valence-corrected chi connectivity index (χ2v) is 17.2. The van der Waals surface area contributed by atoms with E-state index in [0.29, 0.717) is 58.0 Å². The van der Waals surface area contributed by atoms with E-state index in [2.05, 4.69) is 16.8 Å². The maximum Gasteiger partial charge on any atom is 0.412 e. The normalized spacial score (nSPS) is 14.3. The maximum atomic E-state index is 15.5. The van der Waals surface area contributed by atoms with Crippen molar-refractivity contribution < 1.29 is 28.6 Å². The van der Waals surface area contributed by atoms with Crippen LogP contribution < -0.4 is 15.0 Å². The summed E-state index contributed by atoms with van der Waals surface area (Å²) in [7, 11) is 5.04. The predicted octanol–water partition coefficient (Wildman–Crippen LogP) is 10.4. The molecule has 0 unspecified atom stereocenters. The summed E-state index contributed by atoms with van der Waals surface area (Å²) in [5.41, 5.74) is 8.70. The average Bonchev–Trinajstić information content (AvgIpc) is 3.76. The van der Waals surface area contributed by atoms with Crippen molar-refractivity contribution in [2.75, 3.05) is 30.5 Å². The summed E-state index contributed by atoms with van der Waals surface area (Å²) >= 11 is 13.6. The lowest BCUT2D eigenvalue weighted by Crippen LogP contribution is -2.43. The molecule has 4 heterocycles. The summed E-state index contributed by atoms with van der Waals surface area (Å²) < 4.78 is 22.8. The standard InChI is InChI=1S/C45H50Cl2N6O6/c1-23-17-29(18-24(2)38(23)47)58-16-12-13-30-31-14-15-34(46)37(36-26(4)49-51(10)27(36)5)40(31)53-25(3)21-52(42(54)41(30)53)35-20-28(48-44(56)59-45(6,7)8)19-32-33(43(55)57-11)22-50(9)39(32)35/h14-15,17-20,22,25H,12-13,16,21H2,1-11H3,(H,48,56)/t25-/m1/s1. The van der Waals surface area contributed by atoms with Gasteiger partial charge in [-0.05, 0) is 115 Å². The first-order chi connectivity index (χ1) is 27.8. The molecule has 1 atom stereocenters. The van der Waals surface area contributed by atoms with E-state index in [1.165, 1.54) is 7.11 Å². The van der Waals surface area contributed by atoms with Gasteiger partial charge in [0.05, 0.1) is 46.7 Å². The summed E-state index contributed by atoms with van der Waals surface area (Å²) in [5.74, 6) is -0.0518. The minimum absolute atomic E-state index is 0.239. The molecule has 0 radical (unpaired) electrons. The van der Waals surface area contributed by atoms with Crippen LogP contribution in [0.1, 0.15) is 89.1 Å². The largest absolute Gasteiger partial charge is 0.494 e. The lowest BCUT2D eigenvalue weighted by atomic mass is 9.98. The van der Waals surface area contributed by atoms with Gasteiger partial charge in [0.2, 0.25) is 0 Å². The third-order valence-electron chi connectivity index (χ3n) is 11.0. The predicted molar refractivity (Wildman–Crippen MR) is 234 cm³/mol. The Kier molecular flexibility index (Phi) is 11.0. The van der Waals surface area contributed by atoms with Crippen molar-refractivity contribution in [1.29, 1.82) is 0 Å². The van der Waals surface area contributed by atoms with Gasteiger partial charge in [-0.1, -0.05) is 29.3 Å². The second kappa shape index (κ2) is 15.6. The summed E-state index contributed by atoms with van der Waals surface area (Å²) in [5, 5.41) is 10.3. The summed E-state index contributed by atoms with van der Waals surface area (Å²) in [6.07, 6.45) is 2.14. The fourth-order valence-corrected chi connectivity index (χ4v) is 8.79. The van der Waals surface area contributed by atoms with Crippen molar-refractivity contribution in [2.45, 2.75) is 79.9 Å². The Morgan fingerprint density at radius 3 is 2.29 bits per heavy atom. The van der Waals surface area contributed by atoms with Gasteiger partial charge in [0.25, 0.3) is 5.91 Å². The van der Waals surface area contributed by atoms with Gasteiger partial charge in [0.15, 0.2) is 0 Å². The molecule has 14 heteroatoms. The molecule has 0 bridgehead atoms. The molecule has 7 rings (SSSR count). The summed E-state index contributed by atoms with van der Waals surface area (Å²) in [6.45, 7) is 16.0. The monoisotopic (exact) mass is 840 g/mol. The summed E-state index contributed by atoms with van der Waals surface area (Å²) in [6, 6.07) is 11.0. The number of hydrogen-bond acceptors (Lipinski definition) is 7. The SMILES string of the molecule is COC(=O)c1cn(C)c2c(N3C[C@@H](C)n4c(c(CCCOc5cc(C)c(Cl)c(C)c5)c5ccc(Cl)c(-c6c(C)nn(C)c6C)c54)C3=O)cc(NC(=O)OC(C)(C)C)cc12. The molecule has 6 aromatic rings. The number of fused-ring (bicyclic) bond motifs is 4. The average molecular weight is 842 g/mol. The molecule has 1 aliphatic heterocycles. The number of aryl methyl sites for hydroxylation is 6. The van der Waals surface area contributed by atoms with E-state index in [0.717, 1.165) is 60.9 Å². The number of methoxy groups -OCH3 is 1. The van der Waals surface area contributed by atoms with E-state index < -0.39 is 17.7 Å². The Bertz CT molecular complexity index is 2680. The van der Waals surface area contributed by atoms with E-state index in [1.54, 1.807) is 48.6 Å². The Morgan fingerprint density at radius 1 is 0.966 bits per heavy atom. The number of rotatable bonds is 9. The number of hydrogen-bond donors (Lipinski definition) is 1. The van der Waals surface area contributed by atoms with Crippen molar-refractivity contribution in [3.8, 4) is 16.9 Å². The number of benzene rings is 3. The molecule has 2 amide bonds. The van der Waals surface area contributed by atoms with Crippen molar-refractivity contribution in [1.82, 2.24) is 18.9 Å². The van der Waals surface area contributed by atoms with Crippen LogP contribution in [0.4, 0.5) is 16.2 Å². The third kappa shape index (κ3) is 7.53. The van der Waals surface area contributed by atoms with Gasteiger partial charge >= 0.3 is 12.1 Å². The first kappa shape index (κ1) is 41.7. The van der Waals surface area contributed by atoms with Crippen molar-refractivity contribution in [3.05, 3.63) is 92.0 Å². The minimum Gasteiger partial charge on any atom is -0.494 e. The number of carbonyl (C=O) groups excluding carboxylic acids is 3. The van der Waals surface area contributed by atoms with Gasteiger partial charge in [0, 0.05) is 71.2 Å². The number of nitrogens with one attached hydrogen (secondary N) is 1. The number of ether oxygens (including phenoxy) is 3. The van der Waals surface area contributed by atoms with Gasteiger partial charge in [-0.25, -0.2) is 9.59 Å². The van der Waals surface area contributed by atoms with Gasteiger partial charge in [-0.2, -0.15) is 5.10 Å². The van der Waals surface area contributed by atoms with E-state index in [9.17, 15) is 9.59 Å². The zero-order valence-electron chi connectivity index (χ0n) is 35.4. The van der Waals surface area contributed by atoms with Crippen LogP contribution in [0.5, 0.6) is 5.75 Å². The van der Waals surface area contributed by atoms with Crippen LogP contribution in [0, 0.1) is 27.7 Å². The first-order valence-electron chi connectivity index (χ1n) is 19.6. The molecule has 3 aromatic heterocycles. The third-order valence-corrected chi connectivity index (χ3v) is 11.9. The number of amides is 2. The van der Waals surface area contributed by atoms with E-state index in [1.807, 2.05) is 70.7 Å². The fraction of sp³-hybridized carbons (Fsp3) is 0.378. The number of aromatic nitrogens is 4. The minimum atomic E-state index is -0.755. The van der Waals surface area contributed by atoms with Crippen LogP contribution in [0.25, 0.3) is 32.9 Å². The molecule has 3 aromatic carbocycles. The fourth-order valence-electron chi connectivity index (χ4n) is 8.43. The van der Waals surface area contributed by atoms with Crippen LogP contribution in [-0.4, -0.2) is 62.7 Å². The van der Waals surface area contributed by atoms with Gasteiger partial charge in [-0.3, -0.25) is 14.8 Å².